The molecular formula is C25H25N3O4S. The molecule has 0 bridgehead atoms. The molecule has 0 unspecified atom stereocenters. The standard InChI is InChI=1S/C25H25N3O4S/c1-26-24(29)20-12-10-18(11-13-20)17-27(2)25(30)21-7-5-8-22(16-21)33(31,32)28-15-14-19-6-3-4-9-23(19)28/h3-13,16H,14-15,17H2,1-2H3,(H,26,29). The molecule has 0 aromatic heterocycles. The molecule has 0 saturated carbocycles. The summed E-state index contributed by atoms with van der Waals surface area (Å²) in [5.74, 6) is -0.464. The van der Waals surface area contributed by atoms with Gasteiger partial charge in [-0.2, -0.15) is 0 Å². The van der Waals surface area contributed by atoms with Crippen LogP contribution in [0.1, 0.15) is 31.8 Å². The molecule has 33 heavy (non-hydrogen) atoms. The predicted molar refractivity (Wildman–Crippen MR) is 127 cm³/mol. The Morgan fingerprint density at radius 3 is 2.42 bits per heavy atom. The Morgan fingerprint density at radius 1 is 0.970 bits per heavy atom. The number of para-hydroxylation sites is 1. The Balaban J connectivity index is 1.52. The fourth-order valence-electron chi connectivity index (χ4n) is 3.95. The van der Waals surface area contributed by atoms with Crippen molar-refractivity contribution in [2.75, 3.05) is 24.9 Å². The second-order valence-electron chi connectivity index (χ2n) is 7.92. The van der Waals surface area contributed by atoms with Crippen LogP contribution < -0.4 is 9.62 Å². The summed E-state index contributed by atoms with van der Waals surface area (Å²) in [7, 11) is -0.555. The van der Waals surface area contributed by atoms with Crippen molar-refractivity contribution in [1.29, 1.82) is 0 Å². The van der Waals surface area contributed by atoms with Gasteiger partial charge in [0.2, 0.25) is 0 Å². The van der Waals surface area contributed by atoms with Gasteiger partial charge in [-0.05, 0) is 53.9 Å². The first-order valence-corrected chi connectivity index (χ1v) is 12.0. The van der Waals surface area contributed by atoms with Crippen LogP contribution in [-0.2, 0) is 23.0 Å². The molecule has 8 heteroatoms. The van der Waals surface area contributed by atoms with Gasteiger partial charge in [-0.3, -0.25) is 13.9 Å². The van der Waals surface area contributed by atoms with Gasteiger partial charge in [-0.25, -0.2) is 8.42 Å². The molecule has 1 heterocycles. The highest BCUT2D eigenvalue weighted by atomic mass is 32.2. The summed E-state index contributed by atoms with van der Waals surface area (Å²) in [5.41, 5.74) is 3.38. The van der Waals surface area contributed by atoms with Crippen molar-refractivity contribution < 1.29 is 18.0 Å². The van der Waals surface area contributed by atoms with E-state index < -0.39 is 10.0 Å². The Hall–Kier alpha value is -3.65. The van der Waals surface area contributed by atoms with Crippen molar-refractivity contribution in [2.24, 2.45) is 0 Å². The molecule has 0 fully saturated rings. The molecule has 1 aliphatic heterocycles. The molecule has 4 rings (SSSR count). The largest absolute Gasteiger partial charge is 0.355 e. The molecule has 170 valence electrons. The molecule has 0 aliphatic carbocycles. The van der Waals surface area contributed by atoms with E-state index in [-0.39, 0.29) is 16.7 Å². The lowest BCUT2D eigenvalue weighted by atomic mass is 10.1. The minimum atomic E-state index is -3.78. The maximum Gasteiger partial charge on any atom is 0.264 e. The maximum absolute atomic E-state index is 13.3. The van der Waals surface area contributed by atoms with Crippen LogP contribution in [0.25, 0.3) is 0 Å². The molecule has 3 aromatic rings. The second kappa shape index (κ2) is 9.07. The monoisotopic (exact) mass is 463 g/mol. The number of anilines is 1. The Bertz CT molecular complexity index is 1300. The lowest BCUT2D eigenvalue weighted by Gasteiger charge is -2.21. The van der Waals surface area contributed by atoms with Crippen LogP contribution in [-0.4, -0.2) is 45.8 Å². The number of nitrogens with one attached hydrogen (secondary N) is 1. The van der Waals surface area contributed by atoms with Crippen molar-refractivity contribution in [1.82, 2.24) is 10.2 Å². The van der Waals surface area contributed by atoms with E-state index in [9.17, 15) is 18.0 Å². The molecular weight excluding hydrogens is 438 g/mol. The highest BCUT2D eigenvalue weighted by Gasteiger charge is 2.31. The lowest BCUT2D eigenvalue weighted by molar-refractivity contribution is 0.0784. The van der Waals surface area contributed by atoms with Gasteiger partial charge in [-0.15, -0.1) is 0 Å². The van der Waals surface area contributed by atoms with E-state index in [0.29, 0.717) is 36.3 Å². The molecule has 1 N–H and O–H groups in total. The number of benzene rings is 3. The van der Waals surface area contributed by atoms with E-state index in [1.165, 1.54) is 21.3 Å². The van der Waals surface area contributed by atoms with Gasteiger partial charge in [0.25, 0.3) is 21.8 Å². The number of carbonyl (C=O) groups excluding carboxylic acids is 2. The SMILES string of the molecule is CNC(=O)c1ccc(CN(C)C(=O)c2cccc(S(=O)(=O)N3CCc4ccccc43)c2)cc1. The summed E-state index contributed by atoms with van der Waals surface area (Å²) in [6.45, 7) is 0.704. The van der Waals surface area contributed by atoms with Gasteiger partial charge in [0.15, 0.2) is 0 Å². The van der Waals surface area contributed by atoms with Crippen molar-refractivity contribution in [3.8, 4) is 0 Å². The predicted octanol–water partition coefficient (Wildman–Crippen LogP) is 3.07. The number of amides is 2. The summed E-state index contributed by atoms with van der Waals surface area (Å²) in [6.07, 6.45) is 0.662. The number of hydrogen-bond donors (Lipinski definition) is 1. The number of carbonyl (C=O) groups is 2. The van der Waals surface area contributed by atoms with E-state index in [4.69, 9.17) is 0 Å². The van der Waals surface area contributed by atoms with Gasteiger partial charge in [0.1, 0.15) is 0 Å². The van der Waals surface area contributed by atoms with Crippen molar-refractivity contribution >= 4 is 27.5 Å². The minimum absolute atomic E-state index is 0.0911. The van der Waals surface area contributed by atoms with Gasteiger partial charge in [-0.1, -0.05) is 36.4 Å². The third kappa shape index (κ3) is 4.47. The van der Waals surface area contributed by atoms with Crippen molar-refractivity contribution in [3.05, 3.63) is 95.1 Å². The first kappa shape index (κ1) is 22.5. The second-order valence-corrected chi connectivity index (χ2v) is 9.78. The molecule has 2 amide bonds. The fraction of sp³-hybridized carbons (Fsp3) is 0.200. The van der Waals surface area contributed by atoms with Gasteiger partial charge < -0.3 is 10.2 Å². The molecule has 3 aromatic carbocycles. The zero-order valence-corrected chi connectivity index (χ0v) is 19.3. The van der Waals surface area contributed by atoms with Crippen LogP contribution in [0.2, 0.25) is 0 Å². The summed E-state index contributed by atoms with van der Waals surface area (Å²) < 4.78 is 28.0. The zero-order valence-electron chi connectivity index (χ0n) is 18.5. The molecule has 1 aliphatic rings. The summed E-state index contributed by atoms with van der Waals surface area (Å²) >= 11 is 0. The summed E-state index contributed by atoms with van der Waals surface area (Å²) in [5, 5.41) is 2.57. The molecule has 0 saturated heterocycles. The van der Waals surface area contributed by atoms with Gasteiger partial charge in [0, 0.05) is 38.3 Å². The molecule has 7 nitrogen and oxygen atoms in total. The number of rotatable bonds is 6. The highest BCUT2D eigenvalue weighted by molar-refractivity contribution is 7.92. The van der Waals surface area contributed by atoms with Crippen LogP contribution in [0.15, 0.2) is 77.7 Å². The van der Waals surface area contributed by atoms with Crippen molar-refractivity contribution in [3.63, 3.8) is 0 Å². The van der Waals surface area contributed by atoms with E-state index in [1.54, 1.807) is 56.6 Å². The number of sulfonamides is 1. The maximum atomic E-state index is 13.3. The quantitative estimate of drug-likeness (QED) is 0.609. The van der Waals surface area contributed by atoms with E-state index in [0.717, 1.165) is 11.1 Å². The number of hydrogen-bond acceptors (Lipinski definition) is 4. The Labute approximate surface area is 193 Å². The van der Waals surface area contributed by atoms with Crippen molar-refractivity contribution in [2.45, 2.75) is 17.9 Å². The molecule has 0 spiro atoms. The number of fused-ring (bicyclic) bond motifs is 1. The topological polar surface area (TPSA) is 86.8 Å². The first-order chi connectivity index (χ1) is 15.8. The van der Waals surface area contributed by atoms with Gasteiger partial charge in [0.05, 0.1) is 10.6 Å². The normalized spacial score (nSPS) is 12.8. The first-order valence-electron chi connectivity index (χ1n) is 10.6. The van der Waals surface area contributed by atoms with Crippen LogP contribution >= 0.6 is 0 Å². The number of nitrogens with zero attached hydrogens (tertiary/aromatic N) is 2. The van der Waals surface area contributed by atoms with Crippen LogP contribution in [0, 0.1) is 0 Å². The average Bonchev–Trinajstić information content (AvgIpc) is 3.28. The smallest absolute Gasteiger partial charge is 0.264 e. The highest BCUT2D eigenvalue weighted by Crippen LogP contribution is 2.32. The fourth-order valence-corrected chi connectivity index (χ4v) is 5.50. The third-order valence-corrected chi connectivity index (χ3v) is 7.53. The Kier molecular flexibility index (Phi) is 6.20. The van der Waals surface area contributed by atoms with E-state index >= 15 is 0 Å². The minimum Gasteiger partial charge on any atom is -0.355 e. The third-order valence-electron chi connectivity index (χ3n) is 5.72. The van der Waals surface area contributed by atoms with E-state index in [2.05, 4.69) is 5.32 Å². The van der Waals surface area contributed by atoms with Gasteiger partial charge >= 0.3 is 0 Å². The summed E-state index contributed by atoms with van der Waals surface area (Å²) in [6, 6.07) is 20.6. The van der Waals surface area contributed by atoms with Crippen LogP contribution in [0.5, 0.6) is 0 Å². The molecule has 0 atom stereocenters. The Morgan fingerprint density at radius 2 is 1.70 bits per heavy atom. The van der Waals surface area contributed by atoms with Crippen LogP contribution in [0.4, 0.5) is 5.69 Å². The zero-order chi connectivity index (χ0) is 23.6. The summed E-state index contributed by atoms with van der Waals surface area (Å²) in [4.78, 5) is 26.3. The average molecular weight is 464 g/mol. The lowest BCUT2D eigenvalue weighted by Crippen LogP contribution is -2.30. The van der Waals surface area contributed by atoms with Crippen LogP contribution in [0.3, 0.4) is 0 Å². The van der Waals surface area contributed by atoms with E-state index in [1.807, 2.05) is 18.2 Å². The molecule has 0 radical (unpaired) electrons.